The number of aromatic nitrogens is 3. The fourth-order valence-electron chi connectivity index (χ4n) is 1.85. The zero-order valence-corrected chi connectivity index (χ0v) is 14.2. The van der Waals surface area contributed by atoms with Crippen molar-refractivity contribution in [3.63, 3.8) is 0 Å². The van der Waals surface area contributed by atoms with Gasteiger partial charge in [0.2, 0.25) is 0 Å². The van der Waals surface area contributed by atoms with Gasteiger partial charge in [0.1, 0.15) is 5.69 Å². The van der Waals surface area contributed by atoms with Gasteiger partial charge >= 0.3 is 0 Å². The minimum Gasteiger partial charge on any atom is -0.378 e. The second-order valence-corrected chi connectivity index (χ2v) is 6.90. The molecule has 0 aliphatic rings. The van der Waals surface area contributed by atoms with Gasteiger partial charge in [0.25, 0.3) is 10.1 Å². The third-order valence-electron chi connectivity index (χ3n) is 3.03. The van der Waals surface area contributed by atoms with Gasteiger partial charge in [-0.2, -0.15) is 8.42 Å². The van der Waals surface area contributed by atoms with Crippen LogP contribution in [0.3, 0.4) is 0 Å². The number of benzene rings is 1. The maximum absolute atomic E-state index is 10.9. The summed E-state index contributed by atoms with van der Waals surface area (Å²) in [7, 11) is 0.571. The Labute approximate surface area is 136 Å². The van der Waals surface area contributed by atoms with Gasteiger partial charge in [-0.1, -0.05) is 23.4 Å². The zero-order chi connectivity index (χ0) is 16.9. The van der Waals surface area contributed by atoms with Crippen molar-refractivity contribution in [2.45, 2.75) is 6.54 Å². The Morgan fingerprint density at radius 3 is 2.52 bits per heavy atom. The van der Waals surface area contributed by atoms with Crippen molar-refractivity contribution in [3.05, 3.63) is 41.7 Å². The molecule has 0 spiro atoms. The Kier molecular flexibility index (Phi) is 5.51. The first-order chi connectivity index (χ1) is 10.8. The predicted molar refractivity (Wildman–Crippen MR) is 90.5 cm³/mol. The van der Waals surface area contributed by atoms with Crippen LogP contribution in [0.1, 0.15) is 11.3 Å². The van der Waals surface area contributed by atoms with E-state index in [1.165, 1.54) is 0 Å². The molecule has 8 heteroatoms. The van der Waals surface area contributed by atoms with Crippen LogP contribution in [0.2, 0.25) is 0 Å². The van der Waals surface area contributed by atoms with E-state index in [1.54, 1.807) is 10.9 Å². The molecule has 0 radical (unpaired) electrons. The Bertz CT molecular complexity index is 764. The summed E-state index contributed by atoms with van der Waals surface area (Å²) in [6.07, 6.45) is 6.55. The third kappa shape index (κ3) is 5.84. The van der Waals surface area contributed by atoms with Crippen LogP contribution in [-0.2, 0) is 20.8 Å². The number of hydrogen-bond donors (Lipinski definition) is 0. The van der Waals surface area contributed by atoms with E-state index in [4.69, 9.17) is 0 Å². The summed E-state index contributed by atoms with van der Waals surface area (Å²) in [5.41, 5.74) is 2.89. The molecular formula is C15H20N4O3S. The lowest BCUT2D eigenvalue weighted by Crippen LogP contribution is -2.10. The van der Waals surface area contributed by atoms with Crippen LogP contribution in [0.25, 0.3) is 12.2 Å². The molecule has 0 aliphatic heterocycles. The molecule has 2 rings (SSSR count). The minimum atomic E-state index is -3.42. The smallest absolute Gasteiger partial charge is 0.264 e. The van der Waals surface area contributed by atoms with Crippen molar-refractivity contribution in [2.75, 3.05) is 31.9 Å². The van der Waals surface area contributed by atoms with Crippen molar-refractivity contribution in [3.8, 4) is 0 Å². The van der Waals surface area contributed by atoms with Crippen LogP contribution < -0.4 is 4.90 Å². The van der Waals surface area contributed by atoms with Crippen LogP contribution >= 0.6 is 0 Å². The number of anilines is 1. The summed E-state index contributed by atoms with van der Waals surface area (Å²) in [6, 6.07) is 8.13. The highest BCUT2D eigenvalue weighted by Gasteiger charge is 2.03. The van der Waals surface area contributed by atoms with Gasteiger partial charge in [0.15, 0.2) is 0 Å². The lowest BCUT2D eigenvalue weighted by atomic mass is 10.2. The minimum absolute atomic E-state index is 0.0390. The Hall–Kier alpha value is -2.19. The highest BCUT2D eigenvalue weighted by Crippen LogP contribution is 2.14. The van der Waals surface area contributed by atoms with Gasteiger partial charge in [-0.3, -0.25) is 4.18 Å². The first kappa shape index (κ1) is 17.2. The van der Waals surface area contributed by atoms with Crippen LogP contribution in [0, 0.1) is 0 Å². The highest BCUT2D eigenvalue weighted by atomic mass is 32.2. The molecule has 1 heterocycles. The molecule has 0 unspecified atom stereocenters. The molecule has 0 fully saturated rings. The van der Waals surface area contributed by atoms with Crippen molar-refractivity contribution >= 4 is 28.0 Å². The maximum Gasteiger partial charge on any atom is 0.264 e. The molecule has 7 nitrogen and oxygen atoms in total. The highest BCUT2D eigenvalue weighted by molar-refractivity contribution is 7.85. The lowest BCUT2D eigenvalue weighted by molar-refractivity contribution is 0.295. The fraction of sp³-hybridized carbons (Fsp3) is 0.333. The second kappa shape index (κ2) is 7.38. The molecule has 2 aromatic rings. The molecule has 0 amide bonds. The number of hydrogen-bond acceptors (Lipinski definition) is 6. The second-order valence-electron chi connectivity index (χ2n) is 5.25. The van der Waals surface area contributed by atoms with Crippen molar-refractivity contribution in [1.82, 2.24) is 15.0 Å². The fourth-order valence-corrected chi connectivity index (χ4v) is 2.22. The first-order valence-electron chi connectivity index (χ1n) is 7.03. The summed E-state index contributed by atoms with van der Waals surface area (Å²) < 4.78 is 27.9. The van der Waals surface area contributed by atoms with E-state index in [9.17, 15) is 8.42 Å². The molecular weight excluding hydrogens is 316 g/mol. The maximum atomic E-state index is 10.9. The Morgan fingerprint density at radius 2 is 1.91 bits per heavy atom. The molecule has 0 bridgehead atoms. The molecule has 124 valence electrons. The molecule has 0 atom stereocenters. The summed E-state index contributed by atoms with van der Waals surface area (Å²) in [5.74, 6) is 0. The third-order valence-corrected chi connectivity index (χ3v) is 3.63. The van der Waals surface area contributed by atoms with E-state index in [0.717, 1.165) is 17.5 Å². The van der Waals surface area contributed by atoms with Crippen molar-refractivity contribution in [2.24, 2.45) is 0 Å². The largest absolute Gasteiger partial charge is 0.378 e. The molecule has 0 saturated carbocycles. The SMILES string of the molecule is CN(C)c1ccc(/C=C/c2cn(CCOS(C)(=O)=O)nn2)cc1. The zero-order valence-electron chi connectivity index (χ0n) is 13.4. The van der Waals surface area contributed by atoms with Crippen LogP contribution in [0.15, 0.2) is 30.5 Å². The summed E-state index contributed by atoms with van der Waals surface area (Å²) in [4.78, 5) is 2.04. The van der Waals surface area contributed by atoms with Crippen LogP contribution in [-0.4, -0.2) is 50.4 Å². The average molecular weight is 336 g/mol. The van der Waals surface area contributed by atoms with E-state index in [1.807, 2.05) is 55.4 Å². The van der Waals surface area contributed by atoms with Gasteiger partial charge in [-0.25, -0.2) is 4.68 Å². The van der Waals surface area contributed by atoms with Crippen LogP contribution in [0.4, 0.5) is 5.69 Å². The van der Waals surface area contributed by atoms with Gasteiger partial charge in [-0.15, -0.1) is 5.10 Å². The number of rotatable bonds is 7. The quantitative estimate of drug-likeness (QED) is 0.713. The number of nitrogens with zero attached hydrogens (tertiary/aromatic N) is 4. The monoisotopic (exact) mass is 336 g/mol. The van der Waals surface area contributed by atoms with E-state index in [-0.39, 0.29) is 6.61 Å². The lowest BCUT2D eigenvalue weighted by Gasteiger charge is -2.11. The topological polar surface area (TPSA) is 77.3 Å². The van der Waals surface area contributed by atoms with E-state index < -0.39 is 10.1 Å². The molecule has 0 saturated heterocycles. The Balaban J connectivity index is 1.93. The van der Waals surface area contributed by atoms with Gasteiger partial charge in [0, 0.05) is 19.8 Å². The van der Waals surface area contributed by atoms with E-state index in [0.29, 0.717) is 12.2 Å². The molecule has 0 N–H and O–H groups in total. The molecule has 1 aromatic carbocycles. The van der Waals surface area contributed by atoms with Gasteiger partial charge in [-0.05, 0) is 23.8 Å². The standard InChI is InChI=1S/C15H20N4O3S/c1-18(2)15-8-5-13(6-9-15)4-7-14-12-19(17-16-14)10-11-22-23(3,20)21/h4-9,12H,10-11H2,1-3H3/b7-4+. The first-order valence-corrected chi connectivity index (χ1v) is 8.85. The van der Waals surface area contributed by atoms with E-state index in [2.05, 4.69) is 14.5 Å². The average Bonchev–Trinajstić information content (AvgIpc) is 2.92. The van der Waals surface area contributed by atoms with Crippen molar-refractivity contribution in [1.29, 1.82) is 0 Å². The normalized spacial score (nSPS) is 12.0. The van der Waals surface area contributed by atoms with Crippen molar-refractivity contribution < 1.29 is 12.6 Å². The summed E-state index contributed by atoms with van der Waals surface area (Å²) >= 11 is 0. The molecule has 23 heavy (non-hydrogen) atoms. The predicted octanol–water partition coefficient (Wildman–Crippen LogP) is 1.49. The Morgan fingerprint density at radius 1 is 1.22 bits per heavy atom. The van der Waals surface area contributed by atoms with Gasteiger partial charge in [0.05, 0.1) is 25.6 Å². The van der Waals surface area contributed by atoms with Crippen LogP contribution in [0.5, 0.6) is 0 Å². The summed E-state index contributed by atoms with van der Waals surface area (Å²) in [6.45, 7) is 0.364. The van der Waals surface area contributed by atoms with E-state index >= 15 is 0 Å². The summed E-state index contributed by atoms with van der Waals surface area (Å²) in [5, 5.41) is 7.92. The molecule has 0 aliphatic carbocycles. The molecule has 1 aromatic heterocycles. The van der Waals surface area contributed by atoms with Gasteiger partial charge < -0.3 is 4.90 Å².